The quantitative estimate of drug-likeness (QED) is 0.873. The molecular weight excluding hydrogens is 314 g/mol. The van der Waals surface area contributed by atoms with Crippen molar-refractivity contribution in [2.24, 2.45) is 5.92 Å². The molecule has 3 heterocycles. The van der Waals surface area contributed by atoms with Crippen LogP contribution < -0.4 is 15.0 Å². The van der Waals surface area contributed by atoms with Crippen molar-refractivity contribution in [3.63, 3.8) is 0 Å². The van der Waals surface area contributed by atoms with Gasteiger partial charge in [0.05, 0.1) is 12.7 Å². The second-order valence-electron chi connectivity index (χ2n) is 7.92. The summed E-state index contributed by atoms with van der Waals surface area (Å²) in [5, 5.41) is 14.3. The van der Waals surface area contributed by atoms with Crippen LogP contribution in [-0.2, 0) is 0 Å². The fraction of sp³-hybridized carbons (Fsp3) is 0.700. The highest BCUT2D eigenvalue weighted by atomic mass is 16.5. The fourth-order valence-corrected chi connectivity index (χ4v) is 4.88. The Labute approximate surface area is 151 Å². The van der Waals surface area contributed by atoms with Gasteiger partial charge in [-0.1, -0.05) is 6.07 Å². The summed E-state index contributed by atoms with van der Waals surface area (Å²) in [6, 6.07) is 9.05. The zero-order chi connectivity index (χ0) is 17.3. The van der Waals surface area contributed by atoms with Gasteiger partial charge in [0.15, 0.2) is 0 Å². The minimum atomic E-state index is -0.414. The third kappa shape index (κ3) is 3.50. The third-order valence-electron chi connectivity index (χ3n) is 6.57. The van der Waals surface area contributed by atoms with E-state index in [4.69, 9.17) is 4.74 Å². The van der Waals surface area contributed by atoms with Crippen molar-refractivity contribution in [3.8, 4) is 5.75 Å². The van der Waals surface area contributed by atoms with Gasteiger partial charge in [0, 0.05) is 56.4 Å². The number of fused-ring (bicyclic) bond motifs is 1. The van der Waals surface area contributed by atoms with E-state index in [2.05, 4.69) is 33.3 Å². The van der Waals surface area contributed by atoms with Crippen LogP contribution in [0.1, 0.15) is 25.7 Å². The molecule has 1 aromatic carbocycles. The van der Waals surface area contributed by atoms with Crippen molar-refractivity contribution in [2.75, 3.05) is 51.3 Å². The molecule has 0 bridgehead atoms. The number of anilines is 1. The molecule has 0 saturated carbocycles. The fourth-order valence-electron chi connectivity index (χ4n) is 4.88. The van der Waals surface area contributed by atoms with Crippen LogP contribution in [0.15, 0.2) is 24.3 Å². The number of nitrogens with one attached hydrogen (secondary N) is 1. The lowest BCUT2D eigenvalue weighted by Gasteiger charge is -2.50. The number of likely N-dealkylation sites (tertiary alicyclic amines) is 1. The molecule has 0 radical (unpaired) electrons. The summed E-state index contributed by atoms with van der Waals surface area (Å²) < 4.78 is 5.36. The molecule has 3 fully saturated rings. The highest BCUT2D eigenvalue weighted by Crippen LogP contribution is 2.35. The van der Waals surface area contributed by atoms with Crippen LogP contribution in [0, 0.1) is 5.92 Å². The Balaban J connectivity index is 1.34. The summed E-state index contributed by atoms with van der Waals surface area (Å²) in [5.74, 6) is 1.33. The first-order chi connectivity index (χ1) is 12.2. The molecule has 3 saturated heterocycles. The van der Waals surface area contributed by atoms with Gasteiger partial charge in [0.2, 0.25) is 0 Å². The van der Waals surface area contributed by atoms with Crippen molar-refractivity contribution in [2.45, 2.75) is 37.3 Å². The average Bonchev–Trinajstić information content (AvgIpc) is 2.67. The smallest absolute Gasteiger partial charge is 0.120 e. The van der Waals surface area contributed by atoms with Crippen LogP contribution in [0.3, 0.4) is 0 Å². The van der Waals surface area contributed by atoms with E-state index in [1.165, 1.54) is 18.5 Å². The topological polar surface area (TPSA) is 48.0 Å². The number of hydrogen-bond donors (Lipinski definition) is 2. The van der Waals surface area contributed by atoms with Gasteiger partial charge >= 0.3 is 0 Å². The zero-order valence-corrected chi connectivity index (χ0v) is 15.3. The number of methoxy groups -OCH3 is 1. The molecule has 0 aromatic heterocycles. The molecule has 25 heavy (non-hydrogen) atoms. The van der Waals surface area contributed by atoms with Crippen LogP contribution in [-0.4, -0.2) is 68.0 Å². The number of rotatable bonds is 3. The number of ether oxygens (including phenoxy) is 1. The lowest BCUT2D eigenvalue weighted by Crippen LogP contribution is -2.61. The van der Waals surface area contributed by atoms with Crippen molar-refractivity contribution >= 4 is 5.69 Å². The number of nitrogens with zero attached hydrogens (tertiary/aromatic N) is 2. The predicted octanol–water partition coefficient (Wildman–Crippen LogP) is 1.71. The summed E-state index contributed by atoms with van der Waals surface area (Å²) in [5.41, 5.74) is 0.852. The molecule has 0 aliphatic carbocycles. The van der Waals surface area contributed by atoms with Crippen molar-refractivity contribution in [3.05, 3.63) is 24.3 Å². The average molecular weight is 345 g/mol. The third-order valence-corrected chi connectivity index (χ3v) is 6.57. The van der Waals surface area contributed by atoms with Gasteiger partial charge in [0.1, 0.15) is 5.75 Å². The van der Waals surface area contributed by atoms with Crippen LogP contribution in [0.4, 0.5) is 5.69 Å². The van der Waals surface area contributed by atoms with Gasteiger partial charge in [0.25, 0.3) is 0 Å². The van der Waals surface area contributed by atoms with E-state index in [0.29, 0.717) is 12.0 Å². The molecule has 138 valence electrons. The lowest BCUT2D eigenvalue weighted by atomic mass is 9.75. The molecule has 0 spiro atoms. The summed E-state index contributed by atoms with van der Waals surface area (Å²) >= 11 is 0. The summed E-state index contributed by atoms with van der Waals surface area (Å²) in [7, 11) is 1.73. The van der Waals surface area contributed by atoms with E-state index >= 15 is 0 Å². The van der Waals surface area contributed by atoms with Crippen molar-refractivity contribution < 1.29 is 9.84 Å². The summed E-state index contributed by atoms with van der Waals surface area (Å²) in [4.78, 5) is 5.12. The molecule has 1 aromatic rings. The Kier molecular flexibility index (Phi) is 4.89. The van der Waals surface area contributed by atoms with E-state index < -0.39 is 5.60 Å². The SMILES string of the molecule is COc1cccc(N2CCC(N3CCC4(O)CCNCC4C3)CC2)c1. The minimum Gasteiger partial charge on any atom is -0.497 e. The van der Waals surface area contributed by atoms with Gasteiger partial charge in [-0.15, -0.1) is 0 Å². The van der Waals surface area contributed by atoms with Gasteiger partial charge < -0.3 is 20.1 Å². The highest BCUT2D eigenvalue weighted by Gasteiger charge is 2.44. The number of aliphatic hydroxyl groups is 1. The van der Waals surface area contributed by atoms with E-state index in [0.717, 1.165) is 57.9 Å². The molecule has 5 heteroatoms. The molecule has 0 amide bonds. The number of benzene rings is 1. The maximum atomic E-state index is 10.9. The Morgan fingerprint density at radius 2 is 2.04 bits per heavy atom. The van der Waals surface area contributed by atoms with Gasteiger partial charge in [-0.3, -0.25) is 4.90 Å². The normalized spacial score (nSPS) is 31.6. The monoisotopic (exact) mass is 345 g/mol. The molecule has 2 unspecified atom stereocenters. The first-order valence-corrected chi connectivity index (χ1v) is 9.74. The van der Waals surface area contributed by atoms with Gasteiger partial charge in [-0.25, -0.2) is 0 Å². The second kappa shape index (κ2) is 7.14. The molecule has 3 aliphatic heterocycles. The Morgan fingerprint density at radius 1 is 1.20 bits per heavy atom. The maximum Gasteiger partial charge on any atom is 0.120 e. The summed E-state index contributed by atoms with van der Waals surface area (Å²) in [6.45, 7) is 6.23. The molecule has 3 aliphatic rings. The van der Waals surface area contributed by atoms with Crippen LogP contribution >= 0.6 is 0 Å². The first kappa shape index (κ1) is 17.1. The standard InChI is InChI=1S/C20H31N3O2/c1-25-19-4-2-3-18(13-19)22-10-5-17(6-11-22)23-12-8-20(24)7-9-21-14-16(20)15-23/h2-4,13,16-17,21,24H,5-12,14-15H2,1H3. The Morgan fingerprint density at radius 3 is 2.84 bits per heavy atom. The van der Waals surface area contributed by atoms with E-state index in [9.17, 15) is 5.11 Å². The first-order valence-electron chi connectivity index (χ1n) is 9.74. The molecule has 2 atom stereocenters. The lowest BCUT2D eigenvalue weighted by molar-refractivity contribution is -0.0971. The molecule has 5 nitrogen and oxygen atoms in total. The number of piperidine rings is 3. The van der Waals surface area contributed by atoms with Crippen LogP contribution in [0.2, 0.25) is 0 Å². The maximum absolute atomic E-state index is 10.9. The van der Waals surface area contributed by atoms with Gasteiger partial charge in [-0.05, 0) is 44.4 Å². The largest absolute Gasteiger partial charge is 0.497 e. The molecular formula is C20H31N3O2. The van der Waals surface area contributed by atoms with Crippen molar-refractivity contribution in [1.82, 2.24) is 10.2 Å². The zero-order valence-electron chi connectivity index (χ0n) is 15.3. The molecule has 4 rings (SSSR count). The van der Waals surface area contributed by atoms with E-state index in [1.807, 2.05) is 6.07 Å². The minimum absolute atomic E-state index is 0.395. The van der Waals surface area contributed by atoms with E-state index in [-0.39, 0.29) is 0 Å². The van der Waals surface area contributed by atoms with Gasteiger partial charge in [-0.2, -0.15) is 0 Å². The number of hydrogen-bond acceptors (Lipinski definition) is 5. The second-order valence-corrected chi connectivity index (χ2v) is 7.92. The summed E-state index contributed by atoms with van der Waals surface area (Å²) in [6.07, 6.45) is 4.26. The highest BCUT2D eigenvalue weighted by molar-refractivity contribution is 5.51. The van der Waals surface area contributed by atoms with E-state index in [1.54, 1.807) is 7.11 Å². The predicted molar refractivity (Wildman–Crippen MR) is 100 cm³/mol. The van der Waals surface area contributed by atoms with Crippen LogP contribution in [0.25, 0.3) is 0 Å². The molecule has 2 N–H and O–H groups in total. The van der Waals surface area contributed by atoms with Crippen molar-refractivity contribution in [1.29, 1.82) is 0 Å². The van der Waals surface area contributed by atoms with Crippen LogP contribution in [0.5, 0.6) is 5.75 Å². The Hall–Kier alpha value is -1.30. The Bertz CT molecular complexity index is 588.